The predicted octanol–water partition coefficient (Wildman–Crippen LogP) is 1.20. The summed E-state index contributed by atoms with van der Waals surface area (Å²) in [6.07, 6.45) is 1.29. The maximum Gasteiger partial charge on any atom is 0.324 e. The van der Waals surface area contributed by atoms with Gasteiger partial charge in [0.2, 0.25) is 0 Å². The fourth-order valence-electron chi connectivity index (χ4n) is 2.28. The highest BCUT2D eigenvalue weighted by atomic mass is 35.5. The second-order valence-corrected chi connectivity index (χ2v) is 6.11. The number of halogens is 1. The van der Waals surface area contributed by atoms with Crippen molar-refractivity contribution in [2.45, 2.75) is 24.5 Å². The Hall–Kier alpha value is -0.970. The number of carbonyl (C=O) groups is 1. The van der Waals surface area contributed by atoms with Crippen LogP contribution < -0.4 is 5.73 Å². The molecule has 1 aliphatic heterocycles. The van der Waals surface area contributed by atoms with Crippen LogP contribution in [0.2, 0.25) is 0 Å². The van der Waals surface area contributed by atoms with Crippen LogP contribution in [0.15, 0.2) is 0 Å². The monoisotopic (exact) mass is 320 g/mol. The number of carbonyl (C=O) groups excluding carboxylic acids is 1. The fraction of sp³-hybridized carbons (Fsp3) is 0.750. The van der Waals surface area contributed by atoms with Gasteiger partial charge in [0.05, 0.1) is 17.4 Å². The van der Waals surface area contributed by atoms with E-state index in [0.717, 1.165) is 24.9 Å². The van der Waals surface area contributed by atoms with Crippen molar-refractivity contribution in [1.82, 2.24) is 4.90 Å². The Bertz CT molecular complexity index is 391. The Morgan fingerprint density at radius 1 is 1.60 bits per heavy atom. The highest BCUT2D eigenvalue weighted by molar-refractivity contribution is 8.14. The Morgan fingerprint density at radius 2 is 2.15 bits per heavy atom. The van der Waals surface area contributed by atoms with Crippen molar-refractivity contribution < 1.29 is 9.53 Å². The third-order valence-corrected chi connectivity index (χ3v) is 4.59. The summed E-state index contributed by atoms with van der Waals surface area (Å²) in [4.78, 5) is 14.1. The number of likely N-dealkylation sites (tertiary alicyclic amines) is 1. The molecule has 0 aliphatic carbocycles. The van der Waals surface area contributed by atoms with Gasteiger partial charge in [-0.3, -0.25) is 10.2 Å². The number of ether oxygens (including phenoxy) is 1. The van der Waals surface area contributed by atoms with E-state index in [9.17, 15) is 10.1 Å². The maximum atomic E-state index is 12.0. The quantitative estimate of drug-likeness (QED) is 0.458. The lowest BCUT2D eigenvalue weighted by molar-refractivity contribution is -0.147. The van der Waals surface area contributed by atoms with Crippen LogP contribution in [0.5, 0.6) is 0 Å². The van der Waals surface area contributed by atoms with Crippen LogP contribution in [-0.4, -0.2) is 47.5 Å². The summed E-state index contributed by atoms with van der Waals surface area (Å²) in [7, 11) is 1.99. The number of rotatable bonds is 4. The van der Waals surface area contributed by atoms with Gasteiger partial charge >= 0.3 is 5.97 Å². The number of nitrogens with zero attached hydrogens (tertiary/aromatic N) is 2. The molecule has 20 heavy (non-hydrogen) atoms. The Morgan fingerprint density at radius 3 is 2.55 bits per heavy atom. The first-order chi connectivity index (χ1) is 8.95. The van der Waals surface area contributed by atoms with Crippen LogP contribution in [0.25, 0.3) is 0 Å². The van der Waals surface area contributed by atoms with Gasteiger partial charge in [0.25, 0.3) is 0 Å². The lowest BCUT2D eigenvalue weighted by Crippen LogP contribution is -2.49. The predicted molar refractivity (Wildman–Crippen MR) is 82.0 cm³/mol. The minimum absolute atomic E-state index is 0. The van der Waals surface area contributed by atoms with Crippen LogP contribution in [0.1, 0.15) is 19.8 Å². The molecule has 6 nitrogen and oxygen atoms in total. The van der Waals surface area contributed by atoms with Crippen LogP contribution in [-0.2, 0) is 9.53 Å². The van der Waals surface area contributed by atoms with E-state index in [0.29, 0.717) is 12.8 Å². The number of nitriles is 1. The number of hydrogen-bond acceptors (Lipinski definition) is 6. The molecular weight excluding hydrogens is 300 g/mol. The zero-order valence-electron chi connectivity index (χ0n) is 11.7. The first-order valence-corrected chi connectivity index (χ1v) is 7.04. The van der Waals surface area contributed by atoms with Gasteiger partial charge in [-0.05, 0) is 39.9 Å². The summed E-state index contributed by atoms with van der Waals surface area (Å²) >= 11 is 1.12. The minimum Gasteiger partial charge on any atom is -0.465 e. The number of esters is 1. The van der Waals surface area contributed by atoms with Crippen LogP contribution >= 0.6 is 24.2 Å². The van der Waals surface area contributed by atoms with Crippen molar-refractivity contribution in [2.75, 3.05) is 26.7 Å². The molecular formula is C12H21ClN4O2S. The molecule has 3 N–H and O–H groups in total. The summed E-state index contributed by atoms with van der Waals surface area (Å²) in [6, 6.07) is 2.05. The summed E-state index contributed by atoms with van der Waals surface area (Å²) < 4.78 is 4.34. The molecule has 114 valence electrons. The molecule has 0 aromatic heterocycles. The normalized spacial score (nSPS) is 19.2. The standard InChI is InChI=1S/C12H20N4O2S.ClH/c1-3-18-10(17)9(8-13)12(19-11(14)15)4-6-16(2)7-5-12;/h9H,3-7H2,1-2H3,(H3,14,15);1H. The Kier molecular flexibility index (Phi) is 7.94. The van der Waals surface area contributed by atoms with Gasteiger partial charge in [-0.1, -0.05) is 11.8 Å². The molecule has 0 amide bonds. The smallest absolute Gasteiger partial charge is 0.324 e. The van der Waals surface area contributed by atoms with E-state index < -0.39 is 16.6 Å². The molecule has 1 saturated heterocycles. The van der Waals surface area contributed by atoms with E-state index in [1.165, 1.54) is 0 Å². The molecule has 0 aromatic carbocycles. The number of nitrogens with one attached hydrogen (secondary N) is 1. The van der Waals surface area contributed by atoms with E-state index in [4.69, 9.17) is 15.9 Å². The highest BCUT2D eigenvalue weighted by Gasteiger charge is 2.47. The molecule has 0 aromatic rings. The molecule has 8 heteroatoms. The van der Waals surface area contributed by atoms with Crippen molar-refractivity contribution in [3.05, 3.63) is 0 Å². The topological polar surface area (TPSA) is 103 Å². The van der Waals surface area contributed by atoms with Crippen molar-refractivity contribution in [2.24, 2.45) is 11.7 Å². The molecule has 0 saturated carbocycles. The second-order valence-electron chi connectivity index (χ2n) is 4.65. The average Bonchev–Trinajstić information content (AvgIpc) is 2.33. The second kappa shape index (κ2) is 8.35. The highest BCUT2D eigenvalue weighted by Crippen LogP contribution is 2.42. The maximum absolute atomic E-state index is 12.0. The minimum atomic E-state index is -0.880. The third-order valence-electron chi connectivity index (χ3n) is 3.32. The molecule has 1 heterocycles. The van der Waals surface area contributed by atoms with Crippen LogP contribution in [0.4, 0.5) is 0 Å². The third kappa shape index (κ3) is 4.54. The number of hydrogen-bond donors (Lipinski definition) is 2. The summed E-state index contributed by atoms with van der Waals surface area (Å²) in [6.45, 7) is 3.51. The van der Waals surface area contributed by atoms with E-state index in [2.05, 4.69) is 11.0 Å². The van der Waals surface area contributed by atoms with Crippen molar-refractivity contribution in [1.29, 1.82) is 10.7 Å². The molecule has 1 fully saturated rings. The summed E-state index contributed by atoms with van der Waals surface area (Å²) in [5, 5.41) is 16.8. The van der Waals surface area contributed by atoms with Gasteiger partial charge in [-0.15, -0.1) is 12.4 Å². The molecule has 0 radical (unpaired) electrons. The Labute approximate surface area is 129 Å². The molecule has 0 bridgehead atoms. The van der Waals surface area contributed by atoms with E-state index >= 15 is 0 Å². The summed E-state index contributed by atoms with van der Waals surface area (Å²) in [5.41, 5.74) is 5.48. The van der Waals surface area contributed by atoms with Gasteiger partial charge in [0, 0.05) is 0 Å². The van der Waals surface area contributed by atoms with Gasteiger partial charge in [0.1, 0.15) is 0 Å². The largest absolute Gasteiger partial charge is 0.465 e. The number of nitrogens with two attached hydrogens (primary N) is 1. The van der Waals surface area contributed by atoms with Crippen molar-refractivity contribution in [3.63, 3.8) is 0 Å². The fourth-order valence-corrected chi connectivity index (χ4v) is 3.37. The number of piperidine rings is 1. The molecule has 1 aliphatic rings. The molecule has 0 spiro atoms. The molecule has 1 rings (SSSR count). The van der Waals surface area contributed by atoms with Crippen molar-refractivity contribution in [3.8, 4) is 6.07 Å². The van der Waals surface area contributed by atoms with Gasteiger partial charge < -0.3 is 15.4 Å². The lowest BCUT2D eigenvalue weighted by Gasteiger charge is -2.41. The first-order valence-electron chi connectivity index (χ1n) is 6.23. The van der Waals surface area contributed by atoms with Gasteiger partial charge in [-0.2, -0.15) is 5.26 Å². The molecule has 1 unspecified atom stereocenters. The van der Waals surface area contributed by atoms with Gasteiger partial charge in [-0.25, -0.2) is 0 Å². The van der Waals surface area contributed by atoms with Crippen molar-refractivity contribution >= 4 is 35.3 Å². The zero-order chi connectivity index (χ0) is 14.5. The lowest BCUT2D eigenvalue weighted by atomic mass is 9.84. The van der Waals surface area contributed by atoms with Gasteiger partial charge in [0.15, 0.2) is 11.1 Å². The number of amidine groups is 1. The van der Waals surface area contributed by atoms with Crippen LogP contribution in [0.3, 0.4) is 0 Å². The SMILES string of the molecule is CCOC(=O)C(C#N)C1(SC(=N)N)CCN(C)CC1.Cl. The van der Waals surface area contributed by atoms with E-state index in [1.54, 1.807) is 6.92 Å². The van der Waals surface area contributed by atoms with Crippen LogP contribution in [0, 0.1) is 22.7 Å². The Balaban J connectivity index is 0.00000361. The first kappa shape index (κ1) is 19.0. The number of thioether (sulfide) groups is 1. The summed E-state index contributed by atoms with van der Waals surface area (Å²) in [5.74, 6) is -1.39. The zero-order valence-corrected chi connectivity index (χ0v) is 13.4. The average molecular weight is 321 g/mol. The van der Waals surface area contributed by atoms with E-state index in [1.807, 2.05) is 7.05 Å². The molecule has 1 atom stereocenters. The van der Waals surface area contributed by atoms with E-state index in [-0.39, 0.29) is 24.2 Å².